The largest absolute Gasteiger partial charge is 0.319 e. The van der Waals surface area contributed by atoms with Crippen LogP contribution in [0.2, 0.25) is 5.02 Å². The summed E-state index contributed by atoms with van der Waals surface area (Å²) in [5.74, 6) is -1.61. The minimum absolute atomic E-state index is 0.0129. The quantitative estimate of drug-likeness (QED) is 0.737. The van der Waals surface area contributed by atoms with Gasteiger partial charge in [0.25, 0.3) is 5.91 Å². The summed E-state index contributed by atoms with van der Waals surface area (Å²) in [6.45, 7) is 1.63. The third kappa shape index (κ3) is 3.00. The van der Waals surface area contributed by atoms with Crippen LogP contribution >= 0.6 is 11.6 Å². The molecule has 3 rings (SSSR count). The van der Waals surface area contributed by atoms with Crippen LogP contribution in [0.1, 0.15) is 16.1 Å². The molecule has 1 heterocycles. The summed E-state index contributed by atoms with van der Waals surface area (Å²) in [5.41, 5.74) is 1.14. The summed E-state index contributed by atoms with van der Waals surface area (Å²) >= 11 is 5.69. The van der Waals surface area contributed by atoms with Crippen LogP contribution in [0, 0.1) is 18.6 Å². The van der Waals surface area contributed by atoms with E-state index in [4.69, 9.17) is 11.6 Å². The van der Waals surface area contributed by atoms with Crippen LogP contribution in [0.15, 0.2) is 42.5 Å². The van der Waals surface area contributed by atoms with Gasteiger partial charge in [-0.25, -0.2) is 8.78 Å². The smallest absolute Gasteiger partial charge is 0.257 e. The van der Waals surface area contributed by atoms with Crippen molar-refractivity contribution in [2.75, 3.05) is 5.32 Å². The Morgan fingerprint density at radius 1 is 1.17 bits per heavy atom. The normalized spacial score (nSPS) is 10.8. The van der Waals surface area contributed by atoms with Crippen molar-refractivity contribution in [2.24, 2.45) is 0 Å². The van der Waals surface area contributed by atoms with Gasteiger partial charge in [-0.05, 0) is 37.3 Å². The Balaban J connectivity index is 1.99. The van der Waals surface area contributed by atoms with Crippen molar-refractivity contribution in [2.45, 2.75) is 6.92 Å². The average molecular weight is 333 g/mol. The fraction of sp³-hybridized carbons (Fsp3) is 0.0588. The molecule has 3 aromatic rings. The van der Waals surface area contributed by atoms with Gasteiger partial charge in [0.05, 0.1) is 27.5 Å². The number of anilines is 1. The molecule has 0 atom stereocenters. The van der Waals surface area contributed by atoms with Gasteiger partial charge in [0, 0.05) is 11.5 Å². The number of benzene rings is 2. The lowest BCUT2D eigenvalue weighted by Crippen LogP contribution is -2.15. The van der Waals surface area contributed by atoms with E-state index in [2.05, 4.69) is 10.3 Å². The highest BCUT2D eigenvalue weighted by atomic mass is 35.5. The molecule has 1 amide bonds. The molecule has 3 nitrogen and oxygen atoms in total. The first-order chi connectivity index (χ1) is 11.0. The van der Waals surface area contributed by atoms with Gasteiger partial charge >= 0.3 is 0 Å². The molecule has 116 valence electrons. The number of aryl methyl sites for hydroxylation is 1. The third-order valence-corrected chi connectivity index (χ3v) is 3.71. The molecule has 6 heteroatoms. The number of fused-ring (bicyclic) bond motifs is 1. The van der Waals surface area contributed by atoms with Crippen molar-refractivity contribution in [3.05, 3.63) is 70.4 Å². The number of hydrogen-bond acceptors (Lipinski definition) is 2. The molecule has 1 N–H and O–H groups in total. The summed E-state index contributed by atoms with van der Waals surface area (Å²) in [6.07, 6.45) is 0. The Bertz CT molecular complexity index is 928. The maximum absolute atomic E-state index is 13.9. The van der Waals surface area contributed by atoms with Crippen molar-refractivity contribution in [3.8, 4) is 0 Å². The Kier molecular flexibility index (Phi) is 3.96. The summed E-state index contributed by atoms with van der Waals surface area (Å²) in [7, 11) is 0. The maximum atomic E-state index is 13.9. The van der Waals surface area contributed by atoms with E-state index in [9.17, 15) is 13.6 Å². The number of carbonyl (C=O) groups is 1. The topological polar surface area (TPSA) is 42.0 Å². The number of halogens is 3. The Hall–Kier alpha value is -2.53. The summed E-state index contributed by atoms with van der Waals surface area (Å²) < 4.78 is 27.1. The lowest BCUT2D eigenvalue weighted by molar-refractivity contribution is 0.102. The minimum Gasteiger partial charge on any atom is -0.319 e. The van der Waals surface area contributed by atoms with Crippen LogP contribution in [0.3, 0.4) is 0 Å². The second-order valence-corrected chi connectivity index (χ2v) is 5.42. The number of aromatic nitrogens is 1. The van der Waals surface area contributed by atoms with E-state index < -0.39 is 17.5 Å². The predicted molar refractivity (Wildman–Crippen MR) is 85.8 cm³/mol. The van der Waals surface area contributed by atoms with Crippen LogP contribution in [0.4, 0.5) is 14.5 Å². The molecule has 2 aromatic carbocycles. The number of nitrogens with zero attached hydrogens (tertiary/aromatic N) is 1. The van der Waals surface area contributed by atoms with Crippen molar-refractivity contribution < 1.29 is 13.6 Å². The average Bonchev–Trinajstić information content (AvgIpc) is 2.51. The van der Waals surface area contributed by atoms with E-state index in [-0.39, 0.29) is 16.3 Å². The highest BCUT2D eigenvalue weighted by molar-refractivity contribution is 6.31. The Morgan fingerprint density at radius 3 is 2.74 bits per heavy atom. The molecule has 0 radical (unpaired) electrons. The van der Waals surface area contributed by atoms with Crippen molar-refractivity contribution in [1.29, 1.82) is 0 Å². The van der Waals surface area contributed by atoms with Crippen LogP contribution in [0.5, 0.6) is 0 Å². The third-order valence-electron chi connectivity index (χ3n) is 3.41. The molecular weight excluding hydrogens is 322 g/mol. The Morgan fingerprint density at radius 2 is 1.96 bits per heavy atom. The highest BCUT2D eigenvalue weighted by Gasteiger charge is 2.15. The predicted octanol–water partition coefficient (Wildman–Crippen LogP) is 4.73. The van der Waals surface area contributed by atoms with Gasteiger partial charge in [0.1, 0.15) is 5.82 Å². The van der Waals surface area contributed by atoms with Crippen molar-refractivity contribution in [1.82, 2.24) is 4.98 Å². The van der Waals surface area contributed by atoms with E-state index in [0.29, 0.717) is 16.6 Å². The molecule has 0 aliphatic heterocycles. The minimum atomic E-state index is -0.698. The number of pyridine rings is 1. The van der Waals surface area contributed by atoms with Crippen LogP contribution < -0.4 is 5.32 Å². The molecule has 0 saturated heterocycles. The first-order valence-corrected chi connectivity index (χ1v) is 7.16. The maximum Gasteiger partial charge on any atom is 0.257 e. The van der Waals surface area contributed by atoms with Gasteiger partial charge in [-0.1, -0.05) is 17.7 Å². The van der Waals surface area contributed by atoms with Gasteiger partial charge in [0.15, 0.2) is 5.82 Å². The number of amides is 1. The van der Waals surface area contributed by atoms with E-state index in [1.807, 2.05) is 0 Å². The van der Waals surface area contributed by atoms with Crippen LogP contribution in [-0.4, -0.2) is 10.9 Å². The zero-order chi connectivity index (χ0) is 16.6. The van der Waals surface area contributed by atoms with E-state index in [1.54, 1.807) is 13.0 Å². The molecule has 0 saturated carbocycles. The highest BCUT2D eigenvalue weighted by Crippen LogP contribution is 2.24. The van der Waals surface area contributed by atoms with Gasteiger partial charge in [-0.2, -0.15) is 0 Å². The van der Waals surface area contributed by atoms with Crippen LogP contribution in [0.25, 0.3) is 10.9 Å². The van der Waals surface area contributed by atoms with Gasteiger partial charge < -0.3 is 5.32 Å². The molecular formula is C17H11ClF2N2O. The zero-order valence-corrected chi connectivity index (χ0v) is 12.8. The molecule has 0 bridgehead atoms. The number of carbonyl (C=O) groups excluding carboxylic acids is 1. The van der Waals surface area contributed by atoms with Gasteiger partial charge in [-0.3, -0.25) is 9.78 Å². The standard InChI is InChI=1S/C17H11ClF2N2O/c1-9-12(7-10-5-6-11(19)8-15(10)21-9)17(23)22-14-4-2-3-13(18)16(14)20/h2-8H,1H3,(H,22,23). The molecule has 23 heavy (non-hydrogen) atoms. The lowest BCUT2D eigenvalue weighted by atomic mass is 10.1. The van der Waals surface area contributed by atoms with Gasteiger partial charge in [0.2, 0.25) is 0 Å². The number of hydrogen-bond donors (Lipinski definition) is 1. The van der Waals surface area contributed by atoms with E-state index in [0.717, 1.165) is 0 Å². The summed E-state index contributed by atoms with van der Waals surface area (Å²) in [4.78, 5) is 16.6. The molecule has 1 aromatic heterocycles. The monoisotopic (exact) mass is 332 g/mol. The summed E-state index contributed by atoms with van der Waals surface area (Å²) in [6, 6.07) is 10.1. The van der Waals surface area contributed by atoms with E-state index >= 15 is 0 Å². The molecule has 0 aliphatic carbocycles. The molecule has 0 aliphatic rings. The Labute approximate surface area is 135 Å². The van der Waals surface area contributed by atoms with Crippen molar-refractivity contribution in [3.63, 3.8) is 0 Å². The number of nitrogens with one attached hydrogen (secondary N) is 1. The zero-order valence-electron chi connectivity index (χ0n) is 12.0. The molecule has 0 fully saturated rings. The SMILES string of the molecule is Cc1nc2cc(F)ccc2cc1C(=O)Nc1cccc(Cl)c1F. The van der Waals surface area contributed by atoms with Gasteiger partial charge in [-0.15, -0.1) is 0 Å². The van der Waals surface area contributed by atoms with Crippen molar-refractivity contribution >= 4 is 34.1 Å². The fourth-order valence-electron chi connectivity index (χ4n) is 2.26. The second kappa shape index (κ2) is 5.93. The first kappa shape index (κ1) is 15.4. The second-order valence-electron chi connectivity index (χ2n) is 5.01. The van der Waals surface area contributed by atoms with Crippen LogP contribution in [-0.2, 0) is 0 Å². The lowest BCUT2D eigenvalue weighted by Gasteiger charge is -2.10. The van der Waals surface area contributed by atoms with E-state index in [1.165, 1.54) is 36.4 Å². The fourth-order valence-corrected chi connectivity index (χ4v) is 2.43. The molecule has 0 spiro atoms. The number of rotatable bonds is 2. The first-order valence-electron chi connectivity index (χ1n) is 6.78. The summed E-state index contributed by atoms with van der Waals surface area (Å²) in [5, 5.41) is 3.01. The molecule has 0 unspecified atom stereocenters.